The minimum Gasteiger partial charge on any atom is -0.475 e. The second kappa shape index (κ2) is 9.52. The van der Waals surface area contributed by atoms with Gasteiger partial charge in [-0.15, -0.1) is 0 Å². The number of nitrogens with one attached hydrogen (secondary N) is 1. The Hall–Kier alpha value is -1.40. The van der Waals surface area contributed by atoms with E-state index in [1.165, 1.54) is 0 Å². The highest BCUT2D eigenvalue weighted by atomic mass is 16.5. The van der Waals surface area contributed by atoms with Gasteiger partial charge in [-0.25, -0.2) is 4.98 Å². The van der Waals surface area contributed by atoms with Crippen LogP contribution in [-0.2, 0) is 9.47 Å². The molecule has 1 aromatic heterocycles. The van der Waals surface area contributed by atoms with Crippen LogP contribution in [-0.4, -0.2) is 50.1 Å². The number of aromatic nitrogens is 2. The van der Waals surface area contributed by atoms with Crippen LogP contribution in [0.1, 0.15) is 18.9 Å². The molecule has 6 nitrogen and oxygen atoms in total. The van der Waals surface area contributed by atoms with E-state index in [9.17, 15) is 0 Å². The second-order valence-electron chi connectivity index (χ2n) is 4.02. The summed E-state index contributed by atoms with van der Waals surface area (Å²) in [5.74, 6) is 1.19. The van der Waals surface area contributed by atoms with Gasteiger partial charge in [-0.1, -0.05) is 0 Å². The van der Waals surface area contributed by atoms with Crippen LogP contribution in [0.25, 0.3) is 0 Å². The van der Waals surface area contributed by atoms with Crippen molar-refractivity contribution in [1.29, 1.82) is 0 Å². The second-order valence-corrected chi connectivity index (χ2v) is 4.02. The average molecular weight is 269 g/mol. The minimum absolute atomic E-state index is 0.483. The highest BCUT2D eigenvalue weighted by Crippen LogP contribution is 2.14. The van der Waals surface area contributed by atoms with E-state index in [0.717, 1.165) is 25.1 Å². The molecule has 0 saturated carbocycles. The van der Waals surface area contributed by atoms with E-state index in [1.807, 2.05) is 13.8 Å². The monoisotopic (exact) mass is 269 g/mol. The van der Waals surface area contributed by atoms with Crippen molar-refractivity contribution < 1.29 is 14.2 Å². The minimum atomic E-state index is 0.483. The van der Waals surface area contributed by atoms with Crippen LogP contribution in [0, 0.1) is 6.92 Å². The van der Waals surface area contributed by atoms with Gasteiger partial charge in [0.05, 0.1) is 6.61 Å². The summed E-state index contributed by atoms with van der Waals surface area (Å²) in [6.07, 6.45) is 2.65. The van der Waals surface area contributed by atoms with Crippen molar-refractivity contribution in [3.63, 3.8) is 0 Å². The highest BCUT2D eigenvalue weighted by molar-refractivity contribution is 5.32. The van der Waals surface area contributed by atoms with E-state index in [2.05, 4.69) is 15.3 Å². The van der Waals surface area contributed by atoms with Crippen molar-refractivity contribution in [3.05, 3.63) is 11.8 Å². The first-order valence-corrected chi connectivity index (χ1v) is 6.55. The summed E-state index contributed by atoms with van der Waals surface area (Å²) < 4.78 is 15.9. The van der Waals surface area contributed by atoms with Gasteiger partial charge in [-0.2, -0.15) is 4.98 Å². The van der Waals surface area contributed by atoms with E-state index in [-0.39, 0.29) is 0 Å². The van der Waals surface area contributed by atoms with E-state index >= 15 is 0 Å². The van der Waals surface area contributed by atoms with Gasteiger partial charge >= 0.3 is 0 Å². The van der Waals surface area contributed by atoms with Crippen molar-refractivity contribution in [1.82, 2.24) is 9.97 Å². The van der Waals surface area contributed by atoms with E-state index in [0.29, 0.717) is 31.6 Å². The predicted molar refractivity (Wildman–Crippen MR) is 73.7 cm³/mol. The largest absolute Gasteiger partial charge is 0.475 e. The Morgan fingerprint density at radius 2 is 2.05 bits per heavy atom. The summed E-state index contributed by atoms with van der Waals surface area (Å²) in [5, 5.41) is 3.05. The first-order valence-electron chi connectivity index (χ1n) is 6.55. The van der Waals surface area contributed by atoms with Crippen LogP contribution in [0.15, 0.2) is 6.20 Å². The Kier molecular flexibility index (Phi) is 7.84. The summed E-state index contributed by atoms with van der Waals surface area (Å²) in [6, 6.07) is 0. The molecule has 0 unspecified atom stereocenters. The van der Waals surface area contributed by atoms with Crippen LogP contribution in [0.3, 0.4) is 0 Å². The number of rotatable bonds is 10. The molecule has 6 heteroatoms. The van der Waals surface area contributed by atoms with Gasteiger partial charge in [0.25, 0.3) is 0 Å². The smallest absolute Gasteiger partial charge is 0.225 e. The number of aryl methyl sites for hydroxylation is 1. The maximum atomic E-state index is 5.58. The van der Waals surface area contributed by atoms with Gasteiger partial charge in [0.1, 0.15) is 6.61 Å². The number of methoxy groups -OCH3 is 1. The van der Waals surface area contributed by atoms with Gasteiger partial charge in [0, 0.05) is 38.6 Å². The summed E-state index contributed by atoms with van der Waals surface area (Å²) >= 11 is 0. The third-order valence-electron chi connectivity index (χ3n) is 2.36. The summed E-state index contributed by atoms with van der Waals surface area (Å²) in [4.78, 5) is 8.45. The first-order chi connectivity index (χ1) is 9.27. The van der Waals surface area contributed by atoms with Gasteiger partial charge < -0.3 is 19.5 Å². The van der Waals surface area contributed by atoms with Gasteiger partial charge in [-0.05, 0) is 20.3 Å². The van der Waals surface area contributed by atoms with E-state index in [4.69, 9.17) is 14.2 Å². The fourth-order valence-electron chi connectivity index (χ4n) is 1.42. The summed E-state index contributed by atoms with van der Waals surface area (Å²) in [6.45, 7) is 7.13. The van der Waals surface area contributed by atoms with E-state index in [1.54, 1.807) is 13.3 Å². The fraction of sp³-hybridized carbons (Fsp3) is 0.692. The molecule has 1 rings (SSSR count). The fourth-order valence-corrected chi connectivity index (χ4v) is 1.42. The van der Waals surface area contributed by atoms with Crippen LogP contribution in [0.4, 0.5) is 5.95 Å². The molecule has 0 radical (unpaired) electrons. The van der Waals surface area contributed by atoms with Crippen LogP contribution in [0.2, 0.25) is 0 Å². The lowest BCUT2D eigenvalue weighted by atomic mass is 10.4. The normalized spacial score (nSPS) is 10.5. The zero-order valence-electron chi connectivity index (χ0n) is 11.9. The Bertz CT molecular complexity index is 361. The Morgan fingerprint density at radius 1 is 1.21 bits per heavy atom. The number of hydrogen-bond donors (Lipinski definition) is 1. The molecule has 0 aliphatic heterocycles. The predicted octanol–water partition coefficient (Wildman–Crippen LogP) is 1.65. The average Bonchev–Trinajstić information content (AvgIpc) is 2.41. The topological polar surface area (TPSA) is 65.5 Å². The molecule has 0 aliphatic rings. The van der Waals surface area contributed by atoms with Crippen LogP contribution < -0.4 is 10.1 Å². The Labute approximate surface area is 114 Å². The highest BCUT2D eigenvalue weighted by Gasteiger charge is 2.04. The van der Waals surface area contributed by atoms with Crippen molar-refractivity contribution in [3.8, 4) is 5.88 Å². The standard InChI is InChI=1S/C13H23N3O3/c1-4-14-13-15-10-11(2)12(16-13)19-9-8-18-7-5-6-17-3/h10H,4-9H2,1-3H3,(H,14,15,16). The zero-order chi connectivity index (χ0) is 13.9. The molecule has 0 fully saturated rings. The molecule has 108 valence electrons. The molecule has 0 aliphatic carbocycles. The van der Waals surface area contributed by atoms with Gasteiger partial charge in [-0.3, -0.25) is 0 Å². The lowest BCUT2D eigenvalue weighted by Crippen LogP contribution is -2.11. The lowest BCUT2D eigenvalue weighted by Gasteiger charge is -2.10. The van der Waals surface area contributed by atoms with Crippen molar-refractivity contribution in [2.75, 3.05) is 45.4 Å². The third-order valence-corrected chi connectivity index (χ3v) is 2.36. The molecular formula is C13H23N3O3. The number of ether oxygens (including phenoxy) is 3. The van der Waals surface area contributed by atoms with Crippen molar-refractivity contribution in [2.24, 2.45) is 0 Å². The van der Waals surface area contributed by atoms with Crippen LogP contribution in [0.5, 0.6) is 5.88 Å². The molecule has 0 saturated heterocycles. The molecule has 1 aromatic rings. The van der Waals surface area contributed by atoms with Crippen LogP contribution >= 0.6 is 0 Å². The Balaban J connectivity index is 2.26. The zero-order valence-corrected chi connectivity index (χ0v) is 11.9. The quantitative estimate of drug-likeness (QED) is 0.652. The maximum absolute atomic E-state index is 5.58. The van der Waals surface area contributed by atoms with E-state index < -0.39 is 0 Å². The third kappa shape index (κ3) is 6.35. The molecule has 19 heavy (non-hydrogen) atoms. The molecule has 0 aromatic carbocycles. The molecule has 1 heterocycles. The lowest BCUT2D eigenvalue weighted by molar-refractivity contribution is 0.0794. The number of hydrogen-bond acceptors (Lipinski definition) is 6. The van der Waals surface area contributed by atoms with Gasteiger partial charge in [0.15, 0.2) is 0 Å². The van der Waals surface area contributed by atoms with Gasteiger partial charge in [0.2, 0.25) is 11.8 Å². The summed E-state index contributed by atoms with van der Waals surface area (Å²) in [7, 11) is 1.68. The molecule has 0 bridgehead atoms. The van der Waals surface area contributed by atoms with Crippen molar-refractivity contribution in [2.45, 2.75) is 20.3 Å². The molecule has 0 spiro atoms. The first kappa shape index (κ1) is 15.7. The summed E-state index contributed by atoms with van der Waals surface area (Å²) in [5.41, 5.74) is 0.918. The number of nitrogens with zero attached hydrogens (tertiary/aromatic N) is 2. The maximum Gasteiger partial charge on any atom is 0.225 e. The SMILES string of the molecule is CCNc1ncc(C)c(OCCOCCCOC)n1. The molecule has 0 amide bonds. The Morgan fingerprint density at radius 3 is 2.79 bits per heavy atom. The van der Waals surface area contributed by atoms with Crippen molar-refractivity contribution >= 4 is 5.95 Å². The molecular weight excluding hydrogens is 246 g/mol. The molecule has 1 N–H and O–H groups in total. The molecule has 0 atom stereocenters. The number of anilines is 1.